The highest BCUT2D eigenvalue weighted by Gasteiger charge is 2.39. The van der Waals surface area contributed by atoms with Crippen LogP contribution < -0.4 is 5.32 Å². The fourth-order valence-corrected chi connectivity index (χ4v) is 2.93. The zero-order valence-corrected chi connectivity index (χ0v) is 13.3. The van der Waals surface area contributed by atoms with Crippen LogP contribution in [0.3, 0.4) is 0 Å². The maximum absolute atomic E-state index is 3.53. The van der Waals surface area contributed by atoms with Gasteiger partial charge in [-0.05, 0) is 52.9 Å². The molecule has 3 heteroatoms. The molecule has 0 aromatic carbocycles. The van der Waals surface area contributed by atoms with Crippen LogP contribution in [0, 0.1) is 5.92 Å². The van der Waals surface area contributed by atoms with Crippen molar-refractivity contribution in [2.75, 3.05) is 40.8 Å². The Kier molecular flexibility index (Phi) is 6.09. The van der Waals surface area contributed by atoms with Crippen molar-refractivity contribution >= 4 is 0 Å². The first-order chi connectivity index (χ1) is 8.35. The smallest absolute Gasteiger partial charge is 0.0330 e. The third kappa shape index (κ3) is 4.52. The maximum atomic E-state index is 3.53. The average molecular weight is 255 g/mol. The van der Waals surface area contributed by atoms with Gasteiger partial charge in [0.2, 0.25) is 0 Å². The highest BCUT2D eigenvalue weighted by atomic mass is 15.2. The van der Waals surface area contributed by atoms with Crippen molar-refractivity contribution in [3.63, 3.8) is 0 Å². The van der Waals surface area contributed by atoms with Crippen LogP contribution in [-0.2, 0) is 0 Å². The SMILES string of the molecule is CC(CNC(C)C)CN(C)CC1(N(C)C)CCC1. The number of nitrogens with zero attached hydrogens (tertiary/aromatic N) is 2. The second-order valence-corrected chi connectivity index (χ2v) is 6.84. The van der Waals surface area contributed by atoms with Crippen LogP contribution >= 0.6 is 0 Å². The van der Waals surface area contributed by atoms with Gasteiger partial charge in [-0.25, -0.2) is 0 Å². The molecular weight excluding hydrogens is 222 g/mol. The van der Waals surface area contributed by atoms with Gasteiger partial charge in [0.25, 0.3) is 0 Å². The summed E-state index contributed by atoms with van der Waals surface area (Å²) in [5.41, 5.74) is 0.458. The fraction of sp³-hybridized carbons (Fsp3) is 1.00. The second-order valence-electron chi connectivity index (χ2n) is 6.84. The molecule has 1 unspecified atom stereocenters. The largest absolute Gasteiger partial charge is 0.314 e. The fourth-order valence-electron chi connectivity index (χ4n) is 2.93. The predicted molar refractivity (Wildman–Crippen MR) is 80.1 cm³/mol. The first kappa shape index (κ1) is 15.9. The summed E-state index contributed by atoms with van der Waals surface area (Å²) in [5, 5.41) is 3.53. The van der Waals surface area contributed by atoms with E-state index in [2.05, 4.69) is 57.0 Å². The lowest BCUT2D eigenvalue weighted by molar-refractivity contribution is 0.0246. The lowest BCUT2D eigenvalue weighted by Crippen LogP contribution is -2.57. The normalized spacial score (nSPS) is 20.5. The van der Waals surface area contributed by atoms with Gasteiger partial charge in [0.1, 0.15) is 0 Å². The van der Waals surface area contributed by atoms with Gasteiger partial charge < -0.3 is 15.1 Å². The van der Waals surface area contributed by atoms with Crippen molar-refractivity contribution < 1.29 is 0 Å². The van der Waals surface area contributed by atoms with E-state index in [9.17, 15) is 0 Å². The molecule has 1 atom stereocenters. The van der Waals surface area contributed by atoms with Crippen LogP contribution in [0.15, 0.2) is 0 Å². The summed E-state index contributed by atoms with van der Waals surface area (Å²) in [4.78, 5) is 4.95. The van der Waals surface area contributed by atoms with Gasteiger partial charge in [-0.3, -0.25) is 0 Å². The molecule has 0 heterocycles. The lowest BCUT2D eigenvalue weighted by Gasteiger charge is -2.49. The van der Waals surface area contributed by atoms with E-state index in [-0.39, 0.29) is 0 Å². The van der Waals surface area contributed by atoms with Gasteiger partial charge in [-0.1, -0.05) is 20.8 Å². The molecule has 1 saturated carbocycles. The van der Waals surface area contributed by atoms with Crippen LogP contribution in [0.25, 0.3) is 0 Å². The maximum Gasteiger partial charge on any atom is 0.0330 e. The first-order valence-electron chi connectivity index (χ1n) is 7.45. The second kappa shape index (κ2) is 6.88. The van der Waals surface area contributed by atoms with E-state index in [1.54, 1.807) is 0 Å². The number of likely N-dealkylation sites (N-methyl/N-ethyl adjacent to an activating group) is 2. The summed E-state index contributed by atoms with van der Waals surface area (Å²) in [6.45, 7) is 10.3. The zero-order chi connectivity index (χ0) is 13.8. The Bertz CT molecular complexity index is 234. The molecule has 18 heavy (non-hydrogen) atoms. The third-order valence-corrected chi connectivity index (χ3v) is 4.30. The van der Waals surface area contributed by atoms with E-state index >= 15 is 0 Å². The van der Waals surface area contributed by atoms with Crippen LogP contribution in [0.5, 0.6) is 0 Å². The van der Waals surface area contributed by atoms with Crippen LogP contribution in [-0.4, -0.2) is 62.2 Å². The zero-order valence-electron chi connectivity index (χ0n) is 13.3. The van der Waals surface area contributed by atoms with Crippen LogP contribution in [0.1, 0.15) is 40.0 Å². The van der Waals surface area contributed by atoms with Crippen LogP contribution in [0.2, 0.25) is 0 Å². The summed E-state index contributed by atoms with van der Waals surface area (Å²) in [6.07, 6.45) is 4.13. The molecule has 0 radical (unpaired) electrons. The Hall–Kier alpha value is -0.120. The summed E-state index contributed by atoms with van der Waals surface area (Å²) < 4.78 is 0. The highest BCUT2D eigenvalue weighted by molar-refractivity contribution is 4.97. The van der Waals surface area contributed by atoms with Gasteiger partial charge in [0.05, 0.1) is 0 Å². The molecule has 1 aliphatic carbocycles. The molecule has 1 aliphatic rings. The summed E-state index contributed by atoms with van der Waals surface area (Å²) in [6, 6.07) is 0.595. The number of nitrogens with one attached hydrogen (secondary N) is 1. The van der Waals surface area contributed by atoms with Gasteiger partial charge in [-0.15, -0.1) is 0 Å². The first-order valence-corrected chi connectivity index (χ1v) is 7.45. The summed E-state index contributed by atoms with van der Waals surface area (Å²) in [7, 11) is 6.74. The van der Waals surface area contributed by atoms with E-state index in [1.807, 2.05) is 0 Å². The standard InChI is InChI=1S/C15H33N3/c1-13(2)16-10-14(3)11-18(6)12-15(17(4)5)8-7-9-15/h13-14,16H,7-12H2,1-6H3. The van der Waals surface area contributed by atoms with E-state index in [4.69, 9.17) is 0 Å². The summed E-state index contributed by atoms with van der Waals surface area (Å²) in [5.74, 6) is 0.719. The molecule has 108 valence electrons. The number of hydrogen-bond acceptors (Lipinski definition) is 3. The van der Waals surface area contributed by atoms with E-state index in [0.717, 1.165) is 12.5 Å². The Labute approximate surface area is 114 Å². The monoisotopic (exact) mass is 255 g/mol. The molecule has 0 aromatic rings. The molecule has 1 N–H and O–H groups in total. The molecule has 0 saturated heterocycles. The lowest BCUT2D eigenvalue weighted by atomic mass is 9.75. The van der Waals surface area contributed by atoms with Crippen molar-refractivity contribution in [3.05, 3.63) is 0 Å². The Morgan fingerprint density at radius 1 is 1.11 bits per heavy atom. The Morgan fingerprint density at radius 3 is 2.11 bits per heavy atom. The quantitative estimate of drug-likeness (QED) is 0.716. The van der Waals surface area contributed by atoms with E-state index in [0.29, 0.717) is 11.6 Å². The highest BCUT2D eigenvalue weighted by Crippen LogP contribution is 2.36. The van der Waals surface area contributed by atoms with Crippen LogP contribution in [0.4, 0.5) is 0 Å². The van der Waals surface area contributed by atoms with Crippen molar-refractivity contribution in [2.45, 2.75) is 51.6 Å². The topological polar surface area (TPSA) is 18.5 Å². The van der Waals surface area contributed by atoms with Crippen molar-refractivity contribution in [1.29, 1.82) is 0 Å². The minimum Gasteiger partial charge on any atom is -0.314 e. The average Bonchev–Trinajstić information content (AvgIpc) is 2.20. The van der Waals surface area contributed by atoms with E-state index < -0.39 is 0 Å². The molecule has 0 aromatic heterocycles. The third-order valence-electron chi connectivity index (χ3n) is 4.30. The molecule has 3 nitrogen and oxygen atoms in total. The van der Waals surface area contributed by atoms with Gasteiger partial charge >= 0.3 is 0 Å². The molecule has 1 rings (SSSR count). The van der Waals surface area contributed by atoms with Crippen molar-refractivity contribution in [3.8, 4) is 0 Å². The van der Waals surface area contributed by atoms with Gasteiger partial charge in [0, 0.05) is 24.7 Å². The van der Waals surface area contributed by atoms with Crippen molar-refractivity contribution in [2.24, 2.45) is 5.92 Å². The molecule has 0 bridgehead atoms. The minimum absolute atomic E-state index is 0.458. The Morgan fingerprint density at radius 2 is 1.72 bits per heavy atom. The molecule has 0 amide bonds. The molecule has 0 aliphatic heterocycles. The number of hydrogen-bond donors (Lipinski definition) is 1. The molecule has 0 spiro atoms. The predicted octanol–water partition coefficient (Wildman–Crippen LogP) is 2.04. The molecule has 1 fully saturated rings. The van der Waals surface area contributed by atoms with Crippen molar-refractivity contribution in [1.82, 2.24) is 15.1 Å². The van der Waals surface area contributed by atoms with Gasteiger partial charge in [-0.2, -0.15) is 0 Å². The minimum atomic E-state index is 0.458. The number of rotatable bonds is 8. The summed E-state index contributed by atoms with van der Waals surface area (Å²) >= 11 is 0. The molecular formula is C15H33N3. The van der Waals surface area contributed by atoms with E-state index in [1.165, 1.54) is 32.4 Å². The Balaban J connectivity index is 2.30. The van der Waals surface area contributed by atoms with Gasteiger partial charge in [0.15, 0.2) is 0 Å².